The first-order valence-corrected chi connectivity index (χ1v) is 22.3. The Hall–Kier alpha value is -5.28. The summed E-state index contributed by atoms with van der Waals surface area (Å²) in [6.07, 6.45) is 7.12. The lowest BCUT2D eigenvalue weighted by atomic mass is 9.84. The van der Waals surface area contributed by atoms with Crippen LogP contribution in [-0.4, -0.2) is 87.3 Å². The molecule has 326 valence electrons. The summed E-state index contributed by atoms with van der Waals surface area (Å²) in [5.74, 6) is -1.97. The van der Waals surface area contributed by atoms with Crippen molar-refractivity contribution in [3.63, 3.8) is 0 Å². The van der Waals surface area contributed by atoms with Gasteiger partial charge in [0.1, 0.15) is 5.82 Å². The minimum Gasteiger partial charge on any atom is -0.480 e. The number of benzene rings is 2. The van der Waals surface area contributed by atoms with Crippen molar-refractivity contribution in [3.8, 4) is 5.75 Å². The van der Waals surface area contributed by atoms with Crippen molar-refractivity contribution in [2.75, 3.05) is 54.9 Å². The summed E-state index contributed by atoms with van der Waals surface area (Å²) in [6, 6.07) is 12.9. The van der Waals surface area contributed by atoms with Gasteiger partial charge in [0, 0.05) is 62.7 Å². The number of likely N-dealkylation sites (tertiary alicyclic amines) is 1. The molecule has 2 aromatic carbocycles. The molecule has 1 aliphatic carbocycles. The normalized spacial score (nSPS) is 24.6. The van der Waals surface area contributed by atoms with Gasteiger partial charge in [0.2, 0.25) is 17.6 Å². The topological polar surface area (TPSA) is 139 Å². The highest BCUT2D eigenvalue weighted by Crippen LogP contribution is 2.46. The van der Waals surface area contributed by atoms with E-state index in [4.69, 9.17) is 26.4 Å². The molecule has 1 saturated carbocycles. The number of amides is 2. The number of hydrogen-bond acceptors (Lipinski definition) is 10. The number of anilines is 4. The number of imide groups is 1. The smallest absolute Gasteiger partial charge is 0.301 e. The Labute approximate surface area is 363 Å². The van der Waals surface area contributed by atoms with Crippen LogP contribution >= 0.6 is 11.6 Å². The number of piperidine rings is 3. The van der Waals surface area contributed by atoms with Gasteiger partial charge in [0.25, 0.3) is 5.56 Å². The van der Waals surface area contributed by atoms with E-state index in [-0.39, 0.29) is 23.5 Å². The molecule has 4 aliphatic heterocycles. The minimum absolute atomic E-state index is 0.0882. The van der Waals surface area contributed by atoms with Gasteiger partial charge in [-0.3, -0.25) is 24.4 Å². The van der Waals surface area contributed by atoms with Crippen molar-refractivity contribution >= 4 is 68.1 Å². The second-order valence-corrected chi connectivity index (χ2v) is 18.7. The molecule has 0 radical (unpaired) electrons. The monoisotopic (exact) mass is 867 g/mol. The van der Waals surface area contributed by atoms with Crippen molar-refractivity contribution in [1.82, 2.24) is 29.5 Å². The number of rotatable bonds is 8. The summed E-state index contributed by atoms with van der Waals surface area (Å²) in [5.41, 5.74) is 4.88. The molecule has 13 nitrogen and oxygen atoms in total. The van der Waals surface area contributed by atoms with E-state index in [0.717, 1.165) is 74.4 Å². The fraction of sp³-hybridized carbons (Fsp3) is 0.500. The minimum atomic E-state index is -3.12. The van der Waals surface area contributed by atoms with Gasteiger partial charge in [-0.15, -0.1) is 0 Å². The molecule has 3 saturated heterocycles. The fourth-order valence-corrected chi connectivity index (χ4v) is 10.5. The maximum absolute atomic E-state index is 15.2. The zero-order chi connectivity index (χ0) is 43.0. The van der Waals surface area contributed by atoms with Crippen LogP contribution in [0, 0.1) is 17.8 Å². The van der Waals surface area contributed by atoms with E-state index in [9.17, 15) is 14.4 Å². The molecule has 3 N–H and O–H groups in total. The SMILES string of the molecule is C[C@H]1CN(c2cc(Nc3ccc4c(c3)c3c(c(=O)n4C)OCC(F)(F)[C@H](C4CC4)N3)c(Cl)cn2)CC[C@H]1CN1CCC(c2ccc3c(C4CCC(=O)NC4=O)nn(C)c3c2)CC1. The Morgan fingerprint density at radius 3 is 2.52 bits per heavy atom. The number of aromatic nitrogens is 4. The van der Waals surface area contributed by atoms with Crippen molar-refractivity contribution in [3.05, 3.63) is 75.3 Å². The van der Waals surface area contributed by atoms with Gasteiger partial charge in [-0.05, 0) is 105 Å². The van der Waals surface area contributed by atoms with E-state index in [1.807, 2.05) is 36.0 Å². The number of ether oxygens (including phenoxy) is 1. The Morgan fingerprint density at radius 1 is 0.952 bits per heavy atom. The van der Waals surface area contributed by atoms with Crippen LogP contribution in [0.5, 0.6) is 5.75 Å². The standard InChI is InChI=1S/C46H52ClF2N9O4/c1-25-22-58(17-14-29(25)23-57-15-12-26(13-16-57)28-6-8-31-37(18-28)56(3)54-40(31)32-9-11-39(59)52-44(32)60)38-20-35(34(47)21-50-38)51-30-7-10-36-33(19-30)41-42(45(61)55(36)2)62-24-46(48,49)43(53-41)27-4-5-27/h6-8,10,18-21,25-27,29,32,43,53H,4-5,9,11-17,22-24H2,1-3H3,(H,50,51)(H,52,59,60)/t25-,29-,32?,43-/m0/s1. The van der Waals surface area contributed by atoms with Gasteiger partial charge >= 0.3 is 5.92 Å². The second-order valence-electron chi connectivity index (χ2n) is 18.3. The molecule has 4 atom stereocenters. The highest BCUT2D eigenvalue weighted by molar-refractivity contribution is 6.33. The summed E-state index contributed by atoms with van der Waals surface area (Å²) in [5, 5.41) is 15.7. The number of alkyl halides is 2. The highest BCUT2D eigenvalue weighted by Gasteiger charge is 2.51. The number of carbonyl (C=O) groups is 2. The number of fused-ring (bicyclic) bond motifs is 4. The zero-order valence-corrected chi connectivity index (χ0v) is 36.0. The van der Waals surface area contributed by atoms with Crippen molar-refractivity contribution in [2.45, 2.75) is 75.7 Å². The lowest BCUT2D eigenvalue weighted by Gasteiger charge is -2.41. The Balaban J connectivity index is 0.777. The van der Waals surface area contributed by atoms with Crippen LogP contribution in [0.2, 0.25) is 5.02 Å². The largest absolute Gasteiger partial charge is 0.480 e. The molecule has 0 spiro atoms. The predicted molar refractivity (Wildman–Crippen MR) is 236 cm³/mol. The summed E-state index contributed by atoms with van der Waals surface area (Å²) >= 11 is 6.72. The molecule has 62 heavy (non-hydrogen) atoms. The molecular weight excluding hydrogens is 816 g/mol. The molecular formula is C46H52ClF2N9O4. The Morgan fingerprint density at radius 2 is 1.76 bits per heavy atom. The molecule has 16 heteroatoms. The molecule has 2 amide bonds. The first kappa shape index (κ1) is 40.8. The lowest BCUT2D eigenvalue weighted by Crippen LogP contribution is -2.45. The summed E-state index contributed by atoms with van der Waals surface area (Å²) in [6.45, 7) is 6.38. The van der Waals surface area contributed by atoms with Crippen LogP contribution in [0.3, 0.4) is 0 Å². The van der Waals surface area contributed by atoms with Crippen LogP contribution in [-0.2, 0) is 23.7 Å². The summed E-state index contributed by atoms with van der Waals surface area (Å²) in [7, 11) is 3.55. The second kappa shape index (κ2) is 15.8. The molecule has 7 heterocycles. The van der Waals surface area contributed by atoms with E-state index in [2.05, 4.69) is 50.9 Å². The number of pyridine rings is 2. The quantitative estimate of drug-likeness (QED) is 0.136. The molecule has 5 aromatic rings. The summed E-state index contributed by atoms with van der Waals surface area (Å²) < 4.78 is 39.2. The number of hydrogen-bond donors (Lipinski definition) is 3. The van der Waals surface area contributed by atoms with Crippen molar-refractivity contribution in [1.29, 1.82) is 0 Å². The molecule has 5 aliphatic rings. The maximum atomic E-state index is 15.2. The Bertz CT molecular complexity index is 2660. The van der Waals surface area contributed by atoms with E-state index in [1.165, 1.54) is 10.1 Å². The van der Waals surface area contributed by atoms with Crippen LogP contribution in [0.1, 0.15) is 75.0 Å². The zero-order valence-electron chi connectivity index (χ0n) is 35.2. The summed E-state index contributed by atoms with van der Waals surface area (Å²) in [4.78, 5) is 47.3. The third kappa shape index (κ3) is 7.54. The fourth-order valence-electron chi connectivity index (χ4n) is 10.4. The van der Waals surface area contributed by atoms with Gasteiger partial charge in [0.05, 0.1) is 51.3 Å². The molecule has 3 aromatic heterocycles. The first-order valence-electron chi connectivity index (χ1n) is 22.0. The van der Waals surface area contributed by atoms with Crippen LogP contribution < -0.4 is 31.1 Å². The number of nitrogens with zero attached hydrogens (tertiary/aromatic N) is 6. The molecule has 10 rings (SSSR count). The number of halogens is 3. The average molecular weight is 868 g/mol. The number of aryl methyl sites for hydroxylation is 2. The van der Waals surface area contributed by atoms with Crippen LogP contribution in [0.15, 0.2) is 53.5 Å². The Kier molecular flexibility index (Phi) is 10.4. The van der Waals surface area contributed by atoms with Crippen molar-refractivity contribution in [2.24, 2.45) is 31.8 Å². The number of carbonyl (C=O) groups excluding carboxylic acids is 2. The maximum Gasteiger partial charge on any atom is 0.301 e. The molecule has 4 fully saturated rings. The van der Waals surface area contributed by atoms with Crippen molar-refractivity contribution < 1.29 is 23.1 Å². The van der Waals surface area contributed by atoms with Gasteiger partial charge in [-0.2, -0.15) is 5.10 Å². The predicted octanol–water partition coefficient (Wildman–Crippen LogP) is 7.30. The first-order chi connectivity index (χ1) is 29.8. The lowest BCUT2D eigenvalue weighted by molar-refractivity contribution is -0.134. The van der Waals surface area contributed by atoms with Crippen LogP contribution in [0.4, 0.5) is 31.7 Å². The third-order valence-corrected chi connectivity index (χ3v) is 14.5. The van der Waals surface area contributed by atoms with Gasteiger partial charge in [-0.25, -0.2) is 13.8 Å². The van der Waals surface area contributed by atoms with E-state index in [1.54, 1.807) is 13.2 Å². The number of nitrogens with one attached hydrogen (secondary N) is 3. The molecule has 0 bridgehead atoms. The van der Waals surface area contributed by atoms with E-state index in [0.29, 0.717) is 76.4 Å². The van der Waals surface area contributed by atoms with E-state index >= 15 is 8.78 Å². The highest BCUT2D eigenvalue weighted by atomic mass is 35.5. The van der Waals surface area contributed by atoms with Gasteiger partial charge in [-0.1, -0.05) is 30.7 Å². The third-order valence-electron chi connectivity index (χ3n) is 14.2. The molecule has 1 unspecified atom stereocenters. The van der Waals surface area contributed by atoms with Gasteiger partial charge < -0.3 is 29.7 Å². The van der Waals surface area contributed by atoms with Gasteiger partial charge in [0.15, 0.2) is 6.61 Å². The van der Waals surface area contributed by atoms with Crippen LogP contribution in [0.25, 0.3) is 21.8 Å². The van der Waals surface area contributed by atoms with E-state index < -0.39 is 30.0 Å². The average Bonchev–Trinajstić information content (AvgIpc) is 4.06.